The highest BCUT2D eigenvalue weighted by molar-refractivity contribution is 5.85. The van der Waals surface area contributed by atoms with E-state index in [1.54, 1.807) is 0 Å². The second-order valence-electron chi connectivity index (χ2n) is 6.61. The van der Waals surface area contributed by atoms with Crippen LogP contribution in [0.15, 0.2) is 0 Å². The number of nitrogens with zero attached hydrogens (tertiary/aromatic N) is 1. The summed E-state index contributed by atoms with van der Waals surface area (Å²) < 4.78 is 0. The number of nitrogens with two attached hydrogens (primary N) is 1. The van der Waals surface area contributed by atoms with E-state index in [0.29, 0.717) is 12.0 Å². The molecule has 126 valence electrons. The maximum absolute atomic E-state index is 12.1. The summed E-state index contributed by atoms with van der Waals surface area (Å²) in [6, 6.07) is 0.855. The molecular weight excluding hydrogens is 309 g/mol. The monoisotopic (exact) mass is 339 g/mol. The zero-order valence-corrected chi connectivity index (χ0v) is 14.8. The van der Waals surface area contributed by atoms with E-state index in [0.717, 1.165) is 32.4 Å². The Labute approximate surface area is 141 Å². The molecule has 3 atom stereocenters. The van der Waals surface area contributed by atoms with E-state index >= 15 is 0 Å². The second-order valence-corrected chi connectivity index (χ2v) is 6.61. The molecule has 1 amide bonds. The molecule has 3 N–H and O–H groups in total. The lowest BCUT2D eigenvalue weighted by Gasteiger charge is -2.35. The smallest absolute Gasteiger partial charge is 0.223 e. The van der Waals surface area contributed by atoms with Crippen molar-refractivity contribution in [3.05, 3.63) is 0 Å². The molecule has 4 nitrogen and oxygen atoms in total. The van der Waals surface area contributed by atoms with E-state index in [2.05, 4.69) is 24.1 Å². The number of carbonyl (C=O) groups excluding carboxylic acids is 1. The minimum atomic E-state index is 0. The van der Waals surface area contributed by atoms with Crippen LogP contribution in [0.1, 0.15) is 46.0 Å². The molecule has 1 aliphatic heterocycles. The number of hydrogen-bond acceptors (Lipinski definition) is 3. The van der Waals surface area contributed by atoms with Crippen LogP contribution in [-0.2, 0) is 4.79 Å². The van der Waals surface area contributed by atoms with Gasteiger partial charge in [0.05, 0.1) is 0 Å². The first-order valence-corrected chi connectivity index (χ1v) is 7.83. The van der Waals surface area contributed by atoms with E-state index in [1.807, 2.05) is 0 Å². The van der Waals surface area contributed by atoms with Gasteiger partial charge in [-0.05, 0) is 58.4 Å². The largest absolute Gasteiger partial charge is 0.356 e. The summed E-state index contributed by atoms with van der Waals surface area (Å²) in [5.41, 5.74) is 5.87. The first kappa shape index (κ1) is 21.0. The lowest BCUT2D eigenvalue weighted by Crippen LogP contribution is -2.44. The number of nitrogens with one attached hydrogen (secondary N) is 1. The summed E-state index contributed by atoms with van der Waals surface area (Å²) in [5, 5.41) is 3.15. The molecule has 3 unspecified atom stereocenters. The number of hydrogen-bond donors (Lipinski definition) is 2. The van der Waals surface area contributed by atoms with Gasteiger partial charge in [-0.1, -0.05) is 0 Å². The van der Waals surface area contributed by atoms with Gasteiger partial charge in [0.2, 0.25) is 5.91 Å². The van der Waals surface area contributed by atoms with Crippen molar-refractivity contribution in [2.45, 2.75) is 58.0 Å². The van der Waals surface area contributed by atoms with Gasteiger partial charge in [-0.25, -0.2) is 0 Å². The van der Waals surface area contributed by atoms with Crippen molar-refractivity contribution >= 4 is 30.7 Å². The van der Waals surface area contributed by atoms with Gasteiger partial charge in [0.15, 0.2) is 0 Å². The molecule has 1 saturated carbocycles. The van der Waals surface area contributed by atoms with Gasteiger partial charge in [0.1, 0.15) is 0 Å². The van der Waals surface area contributed by atoms with Crippen LogP contribution in [0, 0.1) is 11.8 Å². The molecule has 0 radical (unpaired) electrons. The van der Waals surface area contributed by atoms with Crippen LogP contribution < -0.4 is 11.1 Å². The Morgan fingerprint density at radius 2 is 2.00 bits per heavy atom. The van der Waals surface area contributed by atoms with Gasteiger partial charge in [0, 0.05) is 31.1 Å². The first-order valence-electron chi connectivity index (χ1n) is 7.83. The maximum Gasteiger partial charge on any atom is 0.223 e. The van der Waals surface area contributed by atoms with Gasteiger partial charge in [-0.15, -0.1) is 24.8 Å². The molecule has 1 aliphatic carbocycles. The third-order valence-corrected chi connectivity index (χ3v) is 4.69. The highest BCUT2D eigenvalue weighted by Gasteiger charge is 2.28. The quantitative estimate of drug-likeness (QED) is 0.825. The van der Waals surface area contributed by atoms with Crippen molar-refractivity contribution in [1.29, 1.82) is 0 Å². The Balaban J connectivity index is 0.00000200. The summed E-state index contributed by atoms with van der Waals surface area (Å²) >= 11 is 0. The van der Waals surface area contributed by atoms with E-state index in [-0.39, 0.29) is 42.7 Å². The molecule has 0 spiro atoms. The van der Waals surface area contributed by atoms with Crippen LogP contribution in [0.2, 0.25) is 0 Å². The Hall–Kier alpha value is -0.0300. The van der Waals surface area contributed by atoms with E-state index in [4.69, 9.17) is 5.73 Å². The van der Waals surface area contributed by atoms with Gasteiger partial charge in [-0.3, -0.25) is 4.79 Å². The molecule has 2 fully saturated rings. The molecule has 0 aromatic carbocycles. The fraction of sp³-hybridized carbons (Fsp3) is 0.933. The van der Waals surface area contributed by atoms with Crippen LogP contribution >= 0.6 is 24.8 Å². The molecule has 0 aromatic rings. The predicted molar refractivity (Wildman–Crippen MR) is 92.3 cm³/mol. The first-order chi connectivity index (χ1) is 9.06. The van der Waals surface area contributed by atoms with Crippen LogP contribution in [-0.4, -0.2) is 42.5 Å². The van der Waals surface area contributed by atoms with E-state index in [9.17, 15) is 4.79 Å². The van der Waals surface area contributed by atoms with Crippen molar-refractivity contribution in [1.82, 2.24) is 10.2 Å². The lowest BCUT2D eigenvalue weighted by molar-refractivity contribution is -0.125. The van der Waals surface area contributed by atoms with Gasteiger partial charge in [0.25, 0.3) is 0 Å². The van der Waals surface area contributed by atoms with E-state index < -0.39 is 0 Å². The second kappa shape index (κ2) is 9.88. The summed E-state index contributed by atoms with van der Waals surface area (Å²) in [5.74, 6) is 1.02. The zero-order chi connectivity index (χ0) is 13.8. The SMILES string of the molecule is CC(C)N1CCCC(CNC(=O)C2CCC(N)C2)C1.Cl.Cl. The molecule has 1 saturated heterocycles. The summed E-state index contributed by atoms with van der Waals surface area (Å²) in [6.07, 6.45) is 5.34. The van der Waals surface area contributed by atoms with Gasteiger partial charge >= 0.3 is 0 Å². The number of rotatable bonds is 4. The van der Waals surface area contributed by atoms with Crippen molar-refractivity contribution < 1.29 is 4.79 Å². The Kier molecular flexibility index (Phi) is 9.87. The van der Waals surface area contributed by atoms with Gasteiger partial charge < -0.3 is 16.0 Å². The molecule has 21 heavy (non-hydrogen) atoms. The van der Waals surface area contributed by atoms with Crippen LogP contribution in [0.5, 0.6) is 0 Å². The molecule has 1 heterocycles. The lowest BCUT2D eigenvalue weighted by atomic mass is 9.96. The number of halogens is 2. The number of carbonyl (C=O) groups is 1. The molecule has 0 aromatic heterocycles. The summed E-state index contributed by atoms with van der Waals surface area (Å²) in [7, 11) is 0. The van der Waals surface area contributed by atoms with Crippen molar-refractivity contribution in [2.24, 2.45) is 17.6 Å². The molecule has 0 bridgehead atoms. The zero-order valence-electron chi connectivity index (χ0n) is 13.2. The average molecular weight is 340 g/mol. The Morgan fingerprint density at radius 1 is 1.29 bits per heavy atom. The van der Waals surface area contributed by atoms with Crippen molar-refractivity contribution in [3.63, 3.8) is 0 Å². The molecule has 2 rings (SSSR count). The minimum Gasteiger partial charge on any atom is -0.356 e. The molecule has 2 aliphatic rings. The fourth-order valence-electron chi connectivity index (χ4n) is 3.38. The van der Waals surface area contributed by atoms with Crippen LogP contribution in [0.25, 0.3) is 0 Å². The van der Waals surface area contributed by atoms with Crippen molar-refractivity contribution in [2.75, 3.05) is 19.6 Å². The molecular formula is C15H31Cl2N3O. The fourth-order valence-corrected chi connectivity index (χ4v) is 3.38. The normalized spacial score (nSPS) is 29.6. The predicted octanol–water partition coefficient (Wildman–Crippen LogP) is 2.19. The standard InChI is InChI=1S/C15H29N3O.2ClH/c1-11(2)18-7-3-4-12(10-18)9-17-15(19)13-5-6-14(16)8-13;;/h11-14H,3-10,16H2,1-2H3,(H,17,19);2*1H. The Bertz CT molecular complexity index is 315. The highest BCUT2D eigenvalue weighted by Crippen LogP contribution is 2.24. The van der Waals surface area contributed by atoms with Crippen molar-refractivity contribution in [3.8, 4) is 0 Å². The number of likely N-dealkylation sites (tertiary alicyclic amines) is 1. The van der Waals surface area contributed by atoms with Crippen LogP contribution in [0.3, 0.4) is 0 Å². The third kappa shape index (κ3) is 6.31. The molecule has 6 heteroatoms. The number of piperidine rings is 1. The highest BCUT2D eigenvalue weighted by atomic mass is 35.5. The summed E-state index contributed by atoms with van der Waals surface area (Å²) in [6.45, 7) is 7.68. The summed E-state index contributed by atoms with van der Waals surface area (Å²) in [4.78, 5) is 14.6. The minimum absolute atomic E-state index is 0. The maximum atomic E-state index is 12.1. The van der Waals surface area contributed by atoms with Gasteiger partial charge in [-0.2, -0.15) is 0 Å². The third-order valence-electron chi connectivity index (χ3n) is 4.69. The van der Waals surface area contributed by atoms with Crippen LogP contribution in [0.4, 0.5) is 0 Å². The Morgan fingerprint density at radius 3 is 2.57 bits per heavy atom. The average Bonchev–Trinajstić information content (AvgIpc) is 2.83. The topological polar surface area (TPSA) is 58.4 Å². The van der Waals surface area contributed by atoms with E-state index in [1.165, 1.54) is 19.4 Å². The number of amides is 1.